The molecule has 7 nitrogen and oxygen atoms in total. The van der Waals surface area contributed by atoms with Crippen LogP contribution in [0.4, 0.5) is 5.69 Å². The van der Waals surface area contributed by atoms with E-state index in [-0.39, 0.29) is 24.8 Å². The van der Waals surface area contributed by atoms with Crippen LogP contribution in [-0.4, -0.2) is 41.3 Å². The molecule has 1 aromatic heterocycles. The van der Waals surface area contributed by atoms with Crippen molar-refractivity contribution in [1.29, 1.82) is 0 Å². The molecule has 27 heavy (non-hydrogen) atoms. The summed E-state index contributed by atoms with van der Waals surface area (Å²) in [4.78, 5) is 14.8. The average molecular weight is 370 g/mol. The SMILES string of the molecule is O=C(CN1C2CCC1CC(O)(c1ccco1)C2)Nc1ccc2c(c1)OCO2. The van der Waals surface area contributed by atoms with Crippen LogP contribution in [0.25, 0.3) is 0 Å². The Bertz CT molecular complexity index is 836. The molecular weight excluding hydrogens is 348 g/mol. The highest BCUT2D eigenvalue weighted by atomic mass is 16.7. The van der Waals surface area contributed by atoms with E-state index in [0.29, 0.717) is 42.3 Å². The van der Waals surface area contributed by atoms with E-state index in [4.69, 9.17) is 13.9 Å². The summed E-state index contributed by atoms with van der Waals surface area (Å²) >= 11 is 0. The first-order valence-electron chi connectivity index (χ1n) is 9.32. The number of nitrogens with zero attached hydrogens (tertiary/aromatic N) is 1. The number of fused-ring (bicyclic) bond motifs is 3. The Kier molecular flexibility index (Phi) is 3.87. The maximum absolute atomic E-state index is 12.6. The van der Waals surface area contributed by atoms with Crippen LogP contribution in [0.1, 0.15) is 31.4 Å². The fourth-order valence-electron chi connectivity index (χ4n) is 4.66. The van der Waals surface area contributed by atoms with Gasteiger partial charge in [-0.15, -0.1) is 0 Å². The minimum absolute atomic E-state index is 0.0609. The normalized spacial score (nSPS) is 29.1. The number of piperidine rings is 1. The highest BCUT2D eigenvalue weighted by molar-refractivity contribution is 5.92. The zero-order chi connectivity index (χ0) is 18.4. The van der Waals surface area contributed by atoms with E-state index in [1.54, 1.807) is 24.5 Å². The molecule has 3 aliphatic rings. The Morgan fingerprint density at radius 3 is 2.70 bits per heavy atom. The molecule has 4 heterocycles. The van der Waals surface area contributed by atoms with Gasteiger partial charge in [-0.25, -0.2) is 0 Å². The van der Waals surface area contributed by atoms with E-state index in [2.05, 4.69) is 10.2 Å². The summed E-state index contributed by atoms with van der Waals surface area (Å²) in [6.07, 6.45) is 4.76. The van der Waals surface area contributed by atoms with Crippen molar-refractivity contribution in [2.75, 3.05) is 18.7 Å². The van der Waals surface area contributed by atoms with Crippen molar-refractivity contribution in [2.45, 2.75) is 43.4 Å². The molecule has 0 spiro atoms. The second-order valence-electron chi connectivity index (χ2n) is 7.59. The predicted molar refractivity (Wildman–Crippen MR) is 96.5 cm³/mol. The second-order valence-corrected chi connectivity index (χ2v) is 7.59. The minimum atomic E-state index is -0.931. The first-order valence-corrected chi connectivity index (χ1v) is 9.32. The molecule has 7 heteroatoms. The van der Waals surface area contributed by atoms with Crippen molar-refractivity contribution in [1.82, 2.24) is 4.90 Å². The fraction of sp³-hybridized carbons (Fsp3) is 0.450. The summed E-state index contributed by atoms with van der Waals surface area (Å²) < 4.78 is 16.1. The molecule has 142 valence electrons. The minimum Gasteiger partial charge on any atom is -0.466 e. The zero-order valence-electron chi connectivity index (χ0n) is 14.9. The van der Waals surface area contributed by atoms with Crippen molar-refractivity contribution in [2.24, 2.45) is 0 Å². The molecule has 2 unspecified atom stereocenters. The molecule has 2 fully saturated rings. The molecule has 1 amide bonds. The number of hydrogen-bond donors (Lipinski definition) is 2. The topological polar surface area (TPSA) is 84.2 Å². The van der Waals surface area contributed by atoms with Crippen LogP contribution in [0.2, 0.25) is 0 Å². The Hall–Kier alpha value is -2.51. The van der Waals surface area contributed by atoms with Crippen molar-refractivity contribution in [3.63, 3.8) is 0 Å². The molecule has 2 atom stereocenters. The summed E-state index contributed by atoms with van der Waals surface area (Å²) in [5.74, 6) is 1.91. The van der Waals surface area contributed by atoms with Crippen molar-refractivity contribution in [3.05, 3.63) is 42.4 Å². The number of amides is 1. The Labute approximate surface area is 156 Å². The molecule has 3 aliphatic heterocycles. The van der Waals surface area contributed by atoms with Crippen molar-refractivity contribution < 1.29 is 23.8 Å². The summed E-state index contributed by atoms with van der Waals surface area (Å²) in [6, 6.07) is 9.39. The first-order chi connectivity index (χ1) is 13.1. The molecule has 2 aromatic rings. The molecule has 0 radical (unpaired) electrons. The van der Waals surface area contributed by atoms with Gasteiger partial charge in [0.2, 0.25) is 12.7 Å². The number of nitrogens with one attached hydrogen (secondary N) is 1. The Morgan fingerprint density at radius 2 is 1.96 bits per heavy atom. The van der Waals surface area contributed by atoms with Gasteiger partial charge < -0.3 is 24.3 Å². The van der Waals surface area contributed by atoms with Crippen LogP contribution in [0.5, 0.6) is 11.5 Å². The number of carbonyl (C=O) groups is 1. The fourth-order valence-corrected chi connectivity index (χ4v) is 4.66. The standard InChI is InChI=1S/C20H22N2O5/c23-19(21-13-3-6-16-17(8-13)27-12-26-16)11-22-14-4-5-15(22)10-20(24,9-14)18-2-1-7-25-18/h1-3,6-8,14-15,24H,4-5,9-12H2,(H,21,23). The number of rotatable bonds is 4. The monoisotopic (exact) mass is 370 g/mol. The number of aliphatic hydroxyl groups is 1. The number of furan rings is 1. The van der Waals surface area contributed by atoms with Crippen LogP contribution < -0.4 is 14.8 Å². The Balaban J connectivity index is 1.25. The van der Waals surface area contributed by atoms with Crippen LogP contribution in [0.3, 0.4) is 0 Å². The van der Waals surface area contributed by atoms with E-state index in [1.165, 1.54) is 0 Å². The summed E-state index contributed by atoms with van der Waals surface area (Å²) in [5.41, 5.74) is -0.236. The number of anilines is 1. The third kappa shape index (κ3) is 2.96. The highest BCUT2D eigenvalue weighted by Crippen LogP contribution is 2.45. The van der Waals surface area contributed by atoms with Gasteiger partial charge in [-0.2, -0.15) is 0 Å². The van der Waals surface area contributed by atoms with Crippen LogP contribution in [0, 0.1) is 0 Å². The van der Waals surface area contributed by atoms with Crippen molar-refractivity contribution >= 4 is 11.6 Å². The van der Waals surface area contributed by atoms with E-state index < -0.39 is 5.60 Å². The quantitative estimate of drug-likeness (QED) is 0.860. The summed E-state index contributed by atoms with van der Waals surface area (Å²) in [6.45, 7) is 0.528. The lowest BCUT2D eigenvalue weighted by Gasteiger charge is -2.42. The van der Waals surface area contributed by atoms with E-state index >= 15 is 0 Å². The van der Waals surface area contributed by atoms with Gasteiger partial charge >= 0.3 is 0 Å². The van der Waals surface area contributed by atoms with E-state index in [9.17, 15) is 9.90 Å². The largest absolute Gasteiger partial charge is 0.466 e. The molecule has 2 saturated heterocycles. The van der Waals surface area contributed by atoms with Crippen LogP contribution in [-0.2, 0) is 10.4 Å². The maximum Gasteiger partial charge on any atom is 0.238 e. The molecular formula is C20H22N2O5. The van der Waals surface area contributed by atoms with Gasteiger partial charge in [-0.05, 0) is 49.9 Å². The average Bonchev–Trinajstić information content (AvgIpc) is 3.37. The maximum atomic E-state index is 12.6. The summed E-state index contributed by atoms with van der Waals surface area (Å²) in [5, 5.41) is 14.0. The third-order valence-corrected chi connectivity index (χ3v) is 5.88. The zero-order valence-corrected chi connectivity index (χ0v) is 14.9. The van der Waals surface area contributed by atoms with Gasteiger partial charge in [0, 0.05) is 23.8 Å². The molecule has 0 aliphatic carbocycles. The van der Waals surface area contributed by atoms with Gasteiger partial charge in [0.15, 0.2) is 11.5 Å². The molecule has 2 bridgehead atoms. The first kappa shape index (κ1) is 16.6. The van der Waals surface area contributed by atoms with E-state index in [0.717, 1.165) is 12.8 Å². The molecule has 5 rings (SSSR count). The van der Waals surface area contributed by atoms with Gasteiger partial charge in [-0.3, -0.25) is 9.69 Å². The van der Waals surface area contributed by atoms with Crippen LogP contribution >= 0.6 is 0 Å². The second kappa shape index (κ2) is 6.28. The predicted octanol–water partition coefficient (Wildman–Crippen LogP) is 2.46. The summed E-state index contributed by atoms with van der Waals surface area (Å²) in [7, 11) is 0. The van der Waals surface area contributed by atoms with Gasteiger partial charge in [0.25, 0.3) is 0 Å². The Morgan fingerprint density at radius 1 is 1.19 bits per heavy atom. The lowest BCUT2D eigenvalue weighted by molar-refractivity contribution is -0.121. The molecule has 0 saturated carbocycles. The number of benzene rings is 1. The van der Waals surface area contributed by atoms with Gasteiger partial charge in [0.1, 0.15) is 11.4 Å². The number of ether oxygens (including phenoxy) is 2. The number of hydrogen-bond acceptors (Lipinski definition) is 6. The van der Waals surface area contributed by atoms with Gasteiger partial charge in [0.05, 0.1) is 12.8 Å². The lowest BCUT2D eigenvalue weighted by Crippen LogP contribution is -2.51. The molecule has 2 N–H and O–H groups in total. The van der Waals surface area contributed by atoms with Crippen molar-refractivity contribution in [3.8, 4) is 11.5 Å². The smallest absolute Gasteiger partial charge is 0.238 e. The third-order valence-electron chi connectivity index (χ3n) is 5.88. The number of carbonyl (C=O) groups excluding carboxylic acids is 1. The highest BCUT2D eigenvalue weighted by Gasteiger charge is 2.49. The van der Waals surface area contributed by atoms with E-state index in [1.807, 2.05) is 12.1 Å². The van der Waals surface area contributed by atoms with Crippen LogP contribution in [0.15, 0.2) is 41.0 Å². The lowest BCUT2D eigenvalue weighted by atomic mass is 9.84. The van der Waals surface area contributed by atoms with Gasteiger partial charge in [-0.1, -0.05) is 0 Å². The molecule has 1 aromatic carbocycles.